The molecular weight excluding hydrogens is 236 g/mol. The third-order valence-corrected chi connectivity index (χ3v) is 2.65. The highest BCUT2D eigenvalue weighted by atomic mass is 16.6. The molecule has 6 heteroatoms. The number of nitrogens with zero attached hydrogens (tertiary/aromatic N) is 2. The molecule has 1 rings (SSSR count). The molecule has 0 heterocycles. The smallest absolute Gasteiger partial charge is 0.338 e. The average molecular weight is 252 g/mol. The van der Waals surface area contributed by atoms with Crippen LogP contribution in [0.3, 0.4) is 0 Å². The fourth-order valence-electron chi connectivity index (χ4n) is 1.15. The molecule has 0 aliphatic heterocycles. The number of hydrogen-bond donors (Lipinski definition) is 0. The Balaban J connectivity index is 2.59. The molecular formula is C12H16N2O4. The summed E-state index contributed by atoms with van der Waals surface area (Å²) in [6, 6.07) is 5.46. The lowest BCUT2D eigenvalue weighted by atomic mass is 10.2. The molecule has 0 saturated carbocycles. The Labute approximate surface area is 105 Å². The Morgan fingerprint density at radius 2 is 1.94 bits per heavy atom. The van der Waals surface area contributed by atoms with Gasteiger partial charge in [0.2, 0.25) is 0 Å². The molecule has 0 aromatic heterocycles. The fraction of sp³-hybridized carbons (Fsp3) is 0.417. The first-order valence-electron chi connectivity index (χ1n) is 5.50. The van der Waals surface area contributed by atoms with Crippen molar-refractivity contribution in [2.75, 3.05) is 20.7 Å². The van der Waals surface area contributed by atoms with Gasteiger partial charge in [0.1, 0.15) is 6.61 Å². The molecule has 0 bridgehead atoms. The minimum Gasteiger partial charge on any atom is -0.460 e. The molecule has 0 aliphatic carbocycles. The predicted octanol–water partition coefficient (Wildman–Crippen LogP) is 1.70. The van der Waals surface area contributed by atoms with Crippen molar-refractivity contribution in [3.63, 3.8) is 0 Å². The summed E-state index contributed by atoms with van der Waals surface area (Å²) < 4.78 is 5.10. The number of benzene rings is 1. The maximum Gasteiger partial charge on any atom is 0.338 e. The second kappa shape index (κ2) is 6.11. The highest BCUT2D eigenvalue weighted by molar-refractivity contribution is 5.89. The van der Waals surface area contributed by atoms with Gasteiger partial charge in [0.25, 0.3) is 5.69 Å². The zero-order valence-corrected chi connectivity index (χ0v) is 10.6. The standard InChI is InChI=1S/C12H16N2O4/c1-9(13(2)3)8-18-12(15)10-4-6-11(7-5-10)14(16)17/h4-7,9H,8H2,1-3H3. The minimum atomic E-state index is -0.511. The van der Waals surface area contributed by atoms with E-state index in [1.54, 1.807) is 0 Å². The van der Waals surface area contributed by atoms with Gasteiger partial charge in [-0.05, 0) is 33.2 Å². The van der Waals surface area contributed by atoms with Gasteiger partial charge >= 0.3 is 5.97 Å². The van der Waals surface area contributed by atoms with Crippen molar-refractivity contribution in [3.8, 4) is 0 Å². The van der Waals surface area contributed by atoms with E-state index >= 15 is 0 Å². The van der Waals surface area contributed by atoms with E-state index in [4.69, 9.17) is 4.74 Å². The molecule has 1 atom stereocenters. The molecule has 18 heavy (non-hydrogen) atoms. The highest BCUT2D eigenvalue weighted by Gasteiger charge is 2.12. The molecule has 0 saturated heterocycles. The van der Waals surface area contributed by atoms with E-state index in [0.29, 0.717) is 5.56 Å². The largest absolute Gasteiger partial charge is 0.460 e. The van der Waals surface area contributed by atoms with Gasteiger partial charge in [0.05, 0.1) is 10.5 Å². The quantitative estimate of drug-likeness (QED) is 0.453. The lowest BCUT2D eigenvalue weighted by molar-refractivity contribution is -0.384. The molecule has 1 unspecified atom stereocenters. The van der Waals surface area contributed by atoms with Crippen LogP contribution in [0.2, 0.25) is 0 Å². The third kappa shape index (κ3) is 3.81. The summed E-state index contributed by atoms with van der Waals surface area (Å²) in [5.41, 5.74) is 0.264. The molecule has 0 spiro atoms. The van der Waals surface area contributed by atoms with E-state index in [1.165, 1.54) is 24.3 Å². The van der Waals surface area contributed by atoms with Crippen LogP contribution in [-0.2, 0) is 4.74 Å². The summed E-state index contributed by atoms with van der Waals surface area (Å²) >= 11 is 0. The monoisotopic (exact) mass is 252 g/mol. The summed E-state index contributed by atoms with van der Waals surface area (Å²) in [5, 5.41) is 10.5. The van der Waals surface area contributed by atoms with Crippen LogP contribution >= 0.6 is 0 Å². The Morgan fingerprint density at radius 1 is 1.39 bits per heavy atom. The van der Waals surface area contributed by atoms with Crippen molar-refractivity contribution in [1.29, 1.82) is 0 Å². The van der Waals surface area contributed by atoms with E-state index in [0.717, 1.165) is 0 Å². The van der Waals surface area contributed by atoms with Crippen LogP contribution in [0.25, 0.3) is 0 Å². The summed E-state index contributed by atoms with van der Waals surface area (Å²) in [6.07, 6.45) is 0. The van der Waals surface area contributed by atoms with Crippen molar-refractivity contribution in [2.24, 2.45) is 0 Å². The van der Waals surface area contributed by atoms with E-state index in [1.807, 2.05) is 25.9 Å². The first-order chi connectivity index (χ1) is 8.41. The number of nitro benzene ring substituents is 1. The van der Waals surface area contributed by atoms with E-state index in [2.05, 4.69) is 0 Å². The van der Waals surface area contributed by atoms with Crippen molar-refractivity contribution in [2.45, 2.75) is 13.0 Å². The van der Waals surface area contributed by atoms with Gasteiger partial charge in [-0.3, -0.25) is 10.1 Å². The van der Waals surface area contributed by atoms with Crippen molar-refractivity contribution >= 4 is 11.7 Å². The van der Waals surface area contributed by atoms with Gasteiger partial charge in [-0.2, -0.15) is 0 Å². The normalized spacial score (nSPS) is 12.2. The van der Waals surface area contributed by atoms with Crippen LogP contribution in [0.4, 0.5) is 5.69 Å². The minimum absolute atomic E-state index is 0.0480. The number of hydrogen-bond acceptors (Lipinski definition) is 5. The van der Waals surface area contributed by atoms with Gasteiger partial charge in [0.15, 0.2) is 0 Å². The number of likely N-dealkylation sites (N-methyl/N-ethyl adjacent to an activating group) is 1. The van der Waals surface area contributed by atoms with Crippen molar-refractivity contribution in [3.05, 3.63) is 39.9 Å². The Hall–Kier alpha value is -1.95. The lowest BCUT2D eigenvalue weighted by Gasteiger charge is -2.19. The van der Waals surface area contributed by atoms with Gasteiger partial charge < -0.3 is 9.64 Å². The number of carbonyl (C=O) groups excluding carboxylic acids is 1. The Bertz CT molecular complexity index is 428. The number of carbonyl (C=O) groups is 1. The number of rotatable bonds is 5. The summed E-state index contributed by atoms with van der Waals surface area (Å²) in [5.74, 6) is -0.474. The van der Waals surface area contributed by atoms with Gasteiger partial charge in [-0.1, -0.05) is 0 Å². The fourth-order valence-corrected chi connectivity index (χ4v) is 1.15. The van der Waals surface area contributed by atoms with E-state index < -0.39 is 10.9 Å². The molecule has 1 aromatic rings. The van der Waals surface area contributed by atoms with Gasteiger partial charge in [0, 0.05) is 18.2 Å². The third-order valence-electron chi connectivity index (χ3n) is 2.65. The zero-order chi connectivity index (χ0) is 13.7. The SMILES string of the molecule is CC(COC(=O)c1ccc([N+](=O)[O-])cc1)N(C)C. The highest BCUT2D eigenvalue weighted by Crippen LogP contribution is 2.12. The Morgan fingerprint density at radius 3 is 2.39 bits per heavy atom. The molecule has 0 amide bonds. The average Bonchev–Trinajstić information content (AvgIpc) is 2.35. The van der Waals surface area contributed by atoms with Crippen LogP contribution < -0.4 is 0 Å². The number of nitro groups is 1. The second-order valence-electron chi connectivity index (χ2n) is 4.22. The number of ether oxygens (including phenoxy) is 1. The van der Waals surface area contributed by atoms with Crippen LogP contribution in [-0.4, -0.2) is 42.5 Å². The number of non-ortho nitro benzene ring substituents is 1. The summed E-state index contributed by atoms with van der Waals surface area (Å²) in [4.78, 5) is 23.5. The molecule has 98 valence electrons. The Kier molecular flexibility index (Phi) is 4.79. The molecule has 0 radical (unpaired) electrons. The molecule has 6 nitrogen and oxygen atoms in total. The lowest BCUT2D eigenvalue weighted by Crippen LogP contribution is -2.30. The first kappa shape index (κ1) is 14.1. The zero-order valence-electron chi connectivity index (χ0n) is 10.6. The molecule has 0 fully saturated rings. The van der Waals surface area contributed by atoms with Gasteiger partial charge in [-0.15, -0.1) is 0 Å². The molecule has 0 N–H and O–H groups in total. The summed E-state index contributed by atoms with van der Waals surface area (Å²) in [6.45, 7) is 2.21. The second-order valence-corrected chi connectivity index (χ2v) is 4.22. The maximum absolute atomic E-state index is 11.6. The van der Waals surface area contributed by atoms with Crippen LogP contribution in [0.15, 0.2) is 24.3 Å². The first-order valence-corrected chi connectivity index (χ1v) is 5.50. The molecule has 0 aliphatic rings. The summed E-state index contributed by atoms with van der Waals surface area (Å²) in [7, 11) is 3.79. The van der Waals surface area contributed by atoms with Gasteiger partial charge in [-0.25, -0.2) is 4.79 Å². The van der Waals surface area contributed by atoms with Crippen molar-refractivity contribution < 1.29 is 14.5 Å². The predicted molar refractivity (Wildman–Crippen MR) is 66.5 cm³/mol. The van der Waals surface area contributed by atoms with Crippen molar-refractivity contribution in [1.82, 2.24) is 4.90 Å². The maximum atomic E-state index is 11.6. The number of esters is 1. The van der Waals surface area contributed by atoms with Crippen LogP contribution in [0.5, 0.6) is 0 Å². The topological polar surface area (TPSA) is 72.7 Å². The van der Waals surface area contributed by atoms with Crippen LogP contribution in [0, 0.1) is 10.1 Å². The van der Waals surface area contributed by atoms with Crippen LogP contribution in [0.1, 0.15) is 17.3 Å². The van der Waals surface area contributed by atoms with E-state index in [9.17, 15) is 14.9 Å². The molecule has 1 aromatic carbocycles. The van der Waals surface area contributed by atoms with E-state index in [-0.39, 0.29) is 18.3 Å².